The van der Waals surface area contributed by atoms with Crippen molar-refractivity contribution in [3.63, 3.8) is 0 Å². The maximum atomic E-state index is 11.7. The molecule has 0 bridgehead atoms. The second-order valence-corrected chi connectivity index (χ2v) is 6.36. The SMILES string of the molecule is NCCCN(CCCN)CCCNC(=O)NCCOCCOCCNCCO. The number of ether oxygens (including phenoxy) is 2. The molecule has 0 aromatic carbocycles. The van der Waals surface area contributed by atoms with E-state index < -0.39 is 0 Å². The molecule has 0 aliphatic heterocycles. The van der Waals surface area contributed by atoms with Crippen LogP contribution in [0.1, 0.15) is 19.3 Å². The Hall–Kier alpha value is -1.01. The molecule has 0 rings (SSSR count). The van der Waals surface area contributed by atoms with Crippen molar-refractivity contribution in [1.82, 2.24) is 20.9 Å². The fourth-order valence-electron chi connectivity index (χ4n) is 2.44. The number of aliphatic hydroxyl groups excluding tert-OH is 1. The van der Waals surface area contributed by atoms with Gasteiger partial charge in [-0.05, 0) is 52.0 Å². The first-order valence-corrected chi connectivity index (χ1v) is 10.4. The van der Waals surface area contributed by atoms with E-state index in [1.54, 1.807) is 0 Å². The standard InChI is InChI=1S/C18H42N6O4/c19-4-1-10-24(11-2-5-20)12-3-6-22-18(26)23-9-15-28-17-16-27-14-8-21-7-13-25/h21,25H,1-17,19-20H2,(H2,22,23,26). The molecule has 0 radical (unpaired) electrons. The Balaban J connectivity index is 3.44. The number of amides is 2. The van der Waals surface area contributed by atoms with Crippen LogP contribution in [0.2, 0.25) is 0 Å². The van der Waals surface area contributed by atoms with E-state index in [9.17, 15) is 4.79 Å². The summed E-state index contributed by atoms with van der Waals surface area (Å²) in [7, 11) is 0. The average molecular weight is 407 g/mol. The van der Waals surface area contributed by atoms with Gasteiger partial charge in [-0.25, -0.2) is 4.79 Å². The summed E-state index contributed by atoms with van der Waals surface area (Å²) in [5.41, 5.74) is 11.1. The van der Waals surface area contributed by atoms with Crippen LogP contribution in [0.15, 0.2) is 0 Å². The van der Waals surface area contributed by atoms with Gasteiger partial charge in [0.25, 0.3) is 0 Å². The summed E-state index contributed by atoms with van der Waals surface area (Å²) in [6, 6.07) is -0.176. The Kier molecular flexibility index (Phi) is 21.5. The summed E-state index contributed by atoms with van der Waals surface area (Å²) >= 11 is 0. The minimum absolute atomic E-state index is 0.131. The lowest BCUT2D eigenvalue weighted by Crippen LogP contribution is -2.39. The van der Waals surface area contributed by atoms with Crippen molar-refractivity contribution in [3.8, 4) is 0 Å². The van der Waals surface area contributed by atoms with Gasteiger partial charge in [-0.15, -0.1) is 0 Å². The highest BCUT2D eigenvalue weighted by molar-refractivity contribution is 5.73. The molecule has 0 unspecified atom stereocenters. The molecule has 0 saturated carbocycles. The van der Waals surface area contributed by atoms with E-state index in [4.69, 9.17) is 26.0 Å². The molecular weight excluding hydrogens is 364 g/mol. The van der Waals surface area contributed by atoms with Gasteiger partial charge >= 0.3 is 6.03 Å². The maximum Gasteiger partial charge on any atom is 0.314 e. The number of rotatable bonds is 21. The maximum absolute atomic E-state index is 11.7. The Morgan fingerprint density at radius 2 is 1.36 bits per heavy atom. The lowest BCUT2D eigenvalue weighted by atomic mass is 10.3. The average Bonchev–Trinajstić information content (AvgIpc) is 2.70. The largest absolute Gasteiger partial charge is 0.395 e. The van der Waals surface area contributed by atoms with Crippen LogP contribution in [-0.4, -0.2) is 108 Å². The molecule has 28 heavy (non-hydrogen) atoms. The molecule has 0 spiro atoms. The highest BCUT2D eigenvalue weighted by atomic mass is 16.5. The zero-order valence-corrected chi connectivity index (χ0v) is 17.3. The highest BCUT2D eigenvalue weighted by Crippen LogP contribution is 1.95. The van der Waals surface area contributed by atoms with Gasteiger partial charge in [-0.2, -0.15) is 0 Å². The van der Waals surface area contributed by atoms with Gasteiger partial charge in [0, 0.05) is 26.2 Å². The summed E-state index contributed by atoms with van der Waals surface area (Å²) < 4.78 is 10.7. The Labute approximate surface area is 169 Å². The molecule has 0 aromatic rings. The summed E-state index contributed by atoms with van der Waals surface area (Å²) in [4.78, 5) is 14.1. The van der Waals surface area contributed by atoms with Gasteiger partial charge in [0.15, 0.2) is 0 Å². The molecule has 168 valence electrons. The smallest absolute Gasteiger partial charge is 0.314 e. The van der Waals surface area contributed by atoms with Crippen LogP contribution in [0.4, 0.5) is 4.79 Å². The van der Waals surface area contributed by atoms with Crippen molar-refractivity contribution in [2.24, 2.45) is 11.5 Å². The number of nitrogens with zero attached hydrogens (tertiary/aromatic N) is 1. The monoisotopic (exact) mass is 406 g/mol. The van der Waals surface area contributed by atoms with Crippen molar-refractivity contribution in [2.45, 2.75) is 19.3 Å². The predicted octanol–water partition coefficient (Wildman–Crippen LogP) is -1.71. The van der Waals surface area contributed by atoms with Gasteiger partial charge in [0.05, 0.1) is 33.0 Å². The van der Waals surface area contributed by atoms with E-state index in [2.05, 4.69) is 20.9 Å². The van der Waals surface area contributed by atoms with Crippen LogP contribution in [-0.2, 0) is 9.47 Å². The first-order valence-electron chi connectivity index (χ1n) is 10.4. The van der Waals surface area contributed by atoms with Crippen LogP contribution < -0.4 is 27.4 Å². The third-order valence-corrected chi connectivity index (χ3v) is 3.91. The molecule has 0 aliphatic carbocycles. The molecule has 0 aromatic heterocycles. The Morgan fingerprint density at radius 3 is 1.96 bits per heavy atom. The topological polar surface area (TPSA) is 147 Å². The summed E-state index contributed by atoms with van der Waals surface area (Å²) in [6.07, 6.45) is 2.85. The van der Waals surface area contributed by atoms with Gasteiger partial charge in [-0.1, -0.05) is 0 Å². The molecule has 10 heteroatoms. The molecule has 0 heterocycles. The van der Waals surface area contributed by atoms with Gasteiger partial charge in [0.1, 0.15) is 0 Å². The molecule has 0 fully saturated rings. The number of nitrogens with two attached hydrogens (primary N) is 2. The number of hydrogen-bond donors (Lipinski definition) is 6. The summed E-state index contributed by atoms with van der Waals surface area (Å²) in [6.45, 7) is 8.81. The first-order chi connectivity index (χ1) is 13.7. The Bertz CT molecular complexity index is 331. The lowest BCUT2D eigenvalue weighted by molar-refractivity contribution is 0.0502. The van der Waals surface area contributed by atoms with E-state index >= 15 is 0 Å². The fourth-order valence-corrected chi connectivity index (χ4v) is 2.44. The van der Waals surface area contributed by atoms with E-state index in [-0.39, 0.29) is 12.6 Å². The third-order valence-electron chi connectivity index (χ3n) is 3.91. The highest BCUT2D eigenvalue weighted by Gasteiger charge is 2.04. The molecule has 0 atom stereocenters. The van der Waals surface area contributed by atoms with Crippen LogP contribution in [0.5, 0.6) is 0 Å². The van der Waals surface area contributed by atoms with Crippen molar-refractivity contribution in [2.75, 3.05) is 91.9 Å². The number of carbonyl (C=O) groups is 1. The third kappa shape index (κ3) is 19.7. The number of urea groups is 1. The second kappa shape index (κ2) is 22.3. The number of aliphatic hydroxyl groups is 1. The van der Waals surface area contributed by atoms with E-state index in [1.807, 2.05) is 0 Å². The van der Waals surface area contributed by atoms with E-state index in [0.29, 0.717) is 65.7 Å². The molecule has 8 N–H and O–H groups in total. The summed E-state index contributed by atoms with van der Waals surface area (Å²) in [5.74, 6) is 0. The number of carbonyl (C=O) groups excluding carboxylic acids is 1. The van der Waals surface area contributed by atoms with Crippen molar-refractivity contribution in [3.05, 3.63) is 0 Å². The molecule has 2 amide bonds. The number of nitrogens with one attached hydrogen (secondary N) is 3. The minimum Gasteiger partial charge on any atom is -0.395 e. The Morgan fingerprint density at radius 1 is 0.786 bits per heavy atom. The second-order valence-electron chi connectivity index (χ2n) is 6.36. The van der Waals surface area contributed by atoms with Crippen LogP contribution in [0.3, 0.4) is 0 Å². The number of hydrogen-bond acceptors (Lipinski definition) is 8. The van der Waals surface area contributed by atoms with E-state index in [0.717, 1.165) is 38.9 Å². The summed E-state index contributed by atoms with van der Waals surface area (Å²) in [5, 5.41) is 17.2. The van der Waals surface area contributed by atoms with Gasteiger partial charge in [-0.3, -0.25) is 0 Å². The van der Waals surface area contributed by atoms with Crippen LogP contribution in [0.25, 0.3) is 0 Å². The van der Waals surface area contributed by atoms with Crippen molar-refractivity contribution >= 4 is 6.03 Å². The first kappa shape index (κ1) is 27.0. The minimum atomic E-state index is -0.176. The normalized spacial score (nSPS) is 11.1. The molecule has 10 nitrogen and oxygen atoms in total. The fraction of sp³-hybridized carbons (Fsp3) is 0.944. The lowest BCUT2D eigenvalue weighted by Gasteiger charge is -2.21. The predicted molar refractivity (Wildman–Crippen MR) is 111 cm³/mol. The van der Waals surface area contributed by atoms with Crippen molar-refractivity contribution < 1.29 is 19.4 Å². The van der Waals surface area contributed by atoms with Gasteiger partial charge < -0.3 is 46.9 Å². The quantitative estimate of drug-likeness (QED) is 0.124. The zero-order valence-electron chi connectivity index (χ0n) is 17.3. The zero-order chi connectivity index (χ0) is 20.7. The molecular formula is C18H42N6O4. The van der Waals surface area contributed by atoms with Gasteiger partial charge in [0.2, 0.25) is 0 Å². The van der Waals surface area contributed by atoms with Crippen molar-refractivity contribution in [1.29, 1.82) is 0 Å². The van der Waals surface area contributed by atoms with Crippen LogP contribution in [0, 0.1) is 0 Å². The van der Waals surface area contributed by atoms with Crippen LogP contribution >= 0.6 is 0 Å². The van der Waals surface area contributed by atoms with E-state index in [1.165, 1.54) is 0 Å². The molecule has 0 saturated heterocycles. The molecule has 0 aliphatic rings.